The van der Waals surface area contributed by atoms with Crippen molar-refractivity contribution < 1.29 is 18.0 Å². The van der Waals surface area contributed by atoms with E-state index in [1.807, 2.05) is 30.3 Å². The largest absolute Gasteiger partial charge is 0.349 e. The van der Waals surface area contributed by atoms with Gasteiger partial charge in [-0.2, -0.15) is 0 Å². The molecule has 33 heavy (non-hydrogen) atoms. The van der Waals surface area contributed by atoms with Crippen LogP contribution in [0.5, 0.6) is 0 Å². The molecule has 2 N–H and O–H groups in total. The molecule has 8 nitrogen and oxygen atoms in total. The Labute approximate surface area is 194 Å². The topological polar surface area (TPSA) is 112 Å². The van der Waals surface area contributed by atoms with E-state index in [2.05, 4.69) is 15.3 Å². The summed E-state index contributed by atoms with van der Waals surface area (Å²) in [5.41, 5.74) is 1.42. The number of nitrogens with zero attached hydrogens (tertiary/aromatic N) is 2. The summed E-state index contributed by atoms with van der Waals surface area (Å²) in [5, 5.41) is 3.03. The minimum absolute atomic E-state index is 0.113. The van der Waals surface area contributed by atoms with E-state index in [-0.39, 0.29) is 35.6 Å². The molecule has 3 aromatic rings. The Morgan fingerprint density at radius 2 is 1.79 bits per heavy atom. The number of amides is 1. The number of hydrogen-bond donors (Lipinski definition) is 2. The molecule has 1 unspecified atom stereocenters. The first-order chi connectivity index (χ1) is 15.8. The van der Waals surface area contributed by atoms with Crippen LogP contribution in [0.15, 0.2) is 71.9 Å². The zero-order valence-electron chi connectivity index (χ0n) is 18.7. The van der Waals surface area contributed by atoms with E-state index in [9.17, 15) is 18.0 Å². The van der Waals surface area contributed by atoms with Crippen LogP contribution in [-0.4, -0.2) is 48.0 Å². The molecule has 0 bridgehead atoms. The summed E-state index contributed by atoms with van der Waals surface area (Å²) in [5.74, 6) is 0.483. The highest BCUT2D eigenvalue weighted by Gasteiger charge is 2.21. The van der Waals surface area contributed by atoms with Gasteiger partial charge in [-0.05, 0) is 31.0 Å². The average Bonchev–Trinajstić information content (AvgIpc) is 3.32. The molecule has 0 aliphatic carbocycles. The minimum Gasteiger partial charge on any atom is -0.349 e. The van der Waals surface area contributed by atoms with E-state index < -0.39 is 10.0 Å². The molecule has 0 fully saturated rings. The summed E-state index contributed by atoms with van der Waals surface area (Å²) in [6.07, 6.45) is 4.49. The summed E-state index contributed by atoms with van der Waals surface area (Å²) in [4.78, 5) is 31.4. The Bertz CT molecular complexity index is 1160. The molecule has 1 amide bonds. The number of benzene rings is 2. The molecule has 174 valence electrons. The van der Waals surface area contributed by atoms with Crippen LogP contribution in [0.25, 0.3) is 0 Å². The van der Waals surface area contributed by atoms with Gasteiger partial charge in [0.05, 0.1) is 10.9 Å². The van der Waals surface area contributed by atoms with Crippen molar-refractivity contribution in [1.82, 2.24) is 19.6 Å². The van der Waals surface area contributed by atoms with Crippen molar-refractivity contribution in [3.05, 3.63) is 83.9 Å². The first kappa shape index (κ1) is 24.3. The van der Waals surface area contributed by atoms with Crippen molar-refractivity contribution >= 4 is 21.7 Å². The van der Waals surface area contributed by atoms with Crippen LogP contribution in [0.4, 0.5) is 0 Å². The second kappa shape index (κ2) is 11.0. The molecule has 1 atom stereocenters. The van der Waals surface area contributed by atoms with Crippen molar-refractivity contribution in [1.29, 1.82) is 0 Å². The molecule has 2 aromatic carbocycles. The first-order valence-corrected chi connectivity index (χ1v) is 12.1. The van der Waals surface area contributed by atoms with Gasteiger partial charge in [-0.1, -0.05) is 42.5 Å². The monoisotopic (exact) mass is 468 g/mol. The number of aromatic nitrogens is 2. The predicted octanol–water partition coefficient (Wildman–Crippen LogP) is 3.11. The van der Waals surface area contributed by atoms with E-state index in [0.29, 0.717) is 18.4 Å². The van der Waals surface area contributed by atoms with Crippen molar-refractivity contribution in [2.24, 2.45) is 0 Å². The number of imidazole rings is 1. The van der Waals surface area contributed by atoms with Crippen LogP contribution in [0.2, 0.25) is 0 Å². The van der Waals surface area contributed by atoms with E-state index in [4.69, 9.17) is 0 Å². The quantitative estimate of drug-likeness (QED) is 0.420. The second-order valence-electron chi connectivity index (χ2n) is 7.78. The molecule has 0 aliphatic heterocycles. The van der Waals surface area contributed by atoms with Gasteiger partial charge >= 0.3 is 0 Å². The number of carbonyl (C=O) groups excluding carboxylic acids is 2. The molecule has 3 rings (SSSR count). The Balaban J connectivity index is 1.56. The standard InChI is InChI=1S/C24H28N4O4S/c1-18(29)19-10-12-21(13-11-19)33(31,32)28(2)16-6-9-24(30)27-22(17-23-25-14-15-26-23)20-7-4-3-5-8-20/h3-5,7-8,10-15,22H,6,9,16-17H2,1-2H3,(H,25,26)(H,27,30). The van der Waals surface area contributed by atoms with Gasteiger partial charge in [-0.3, -0.25) is 9.59 Å². The number of sulfonamides is 1. The van der Waals surface area contributed by atoms with Crippen molar-refractivity contribution in [3.63, 3.8) is 0 Å². The molecule has 0 radical (unpaired) electrons. The van der Waals surface area contributed by atoms with Gasteiger partial charge < -0.3 is 10.3 Å². The van der Waals surface area contributed by atoms with Crippen molar-refractivity contribution in [3.8, 4) is 0 Å². The number of rotatable bonds is 11. The first-order valence-electron chi connectivity index (χ1n) is 10.7. The van der Waals surface area contributed by atoms with E-state index >= 15 is 0 Å². The third-order valence-electron chi connectivity index (χ3n) is 5.34. The van der Waals surface area contributed by atoms with Gasteiger partial charge in [0.2, 0.25) is 15.9 Å². The summed E-state index contributed by atoms with van der Waals surface area (Å²) in [6, 6.07) is 15.3. The maximum Gasteiger partial charge on any atom is 0.242 e. The van der Waals surface area contributed by atoms with Crippen molar-refractivity contribution in [2.75, 3.05) is 13.6 Å². The average molecular weight is 469 g/mol. The summed E-state index contributed by atoms with van der Waals surface area (Å²) in [7, 11) is -2.22. The van der Waals surface area contributed by atoms with Gasteiger partial charge in [0.25, 0.3) is 0 Å². The minimum atomic E-state index is -3.70. The molecule has 9 heteroatoms. The summed E-state index contributed by atoms with van der Waals surface area (Å²) < 4.78 is 26.7. The summed E-state index contributed by atoms with van der Waals surface area (Å²) in [6.45, 7) is 1.62. The number of nitrogens with one attached hydrogen (secondary N) is 2. The van der Waals surface area contributed by atoms with E-state index in [1.165, 1.54) is 42.5 Å². The van der Waals surface area contributed by atoms with Gasteiger partial charge in [-0.25, -0.2) is 17.7 Å². The zero-order valence-corrected chi connectivity index (χ0v) is 19.5. The normalized spacial score (nSPS) is 12.5. The molecule has 0 aliphatic rings. The Hall–Kier alpha value is -3.30. The van der Waals surface area contributed by atoms with E-state index in [0.717, 1.165) is 11.4 Å². The zero-order chi connectivity index (χ0) is 23.8. The molecule has 1 heterocycles. The maximum absolute atomic E-state index is 12.8. The van der Waals surface area contributed by atoms with Gasteiger partial charge in [0.1, 0.15) is 5.82 Å². The van der Waals surface area contributed by atoms with Crippen LogP contribution in [0.3, 0.4) is 0 Å². The lowest BCUT2D eigenvalue weighted by Crippen LogP contribution is -2.32. The van der Waals surface area contributed by atoms with Gasteiger partial charge in [0.15, 0.2) is 5.78 Å². The van der Waals surface area contributed by atoms with Crippen LogP contribution in [0.1, 0.15) is 47.6 Å². The van der Waals surface area contributed by atoms with Gasteiger partial charge in [-0.15, -0.1) is 0 Å². The molecule has 0 spiro atoms. The Morgan fingerprint density at radius 3 is 2.39 bits per heavy atom. The molecular formula is C24H28N4O4S. The number of Topliss-reactive ketones (excluding diaryl/α,β-unsaturated/α-hetero) is 1. The van der Waals surface area contributed by atoms with E-state index in [1.54, 1.807) is 12.4 Å². The second-order valence-corrected chi connectivity index (χ2v) is 9.83. The fraction of sp³-hybridized carbons (Fsp3) is 0.292. The third kappa shape index (κ3) is 6.59. The van der Waals surface area contributed by atoms with Crippen LogP contribution >= 0.6 is 0 Å². The third-order valence-corrected chi connectivity index (χ3v) is 7.21. The van der Waals surface area contributed by atoms with Gasteiger partial charge in [0, 0.05) is 44.4 Å². The fourth-order valence-electron chi connectivity index (χ4n) is 3.43. The Kier molecular flexibility index (Phi) is 8.13. The maximum atomic E-state index is 12.8. The van der Waals surface area contributed by atoms with Crippen molar-refractivity contribution in [2.45, 2.75) is 37.1 Å². The van der Waals surface area contributed by atoms with Crippen LogP contribution in [-0.2, 0) is 21.2 Å². The highest BCUT2D eigenvalue weighted by molar-refractivity contribution is 7.89. The molecule has 0 saturated heterocycles. The lowest BCUT2D eigenvalue weighted by molar-refractivity contribution is -0.122. The smallest absolute Gasteiger partial charge is 0.242 e. The number of hydrogen-bond acceptors (Lipinski definition) is 5. The molecule has 0 saturated carbocycles. The lowest BCUT2D eigenvalue weighted by Gasteiger charge is -2.20. The number of aromatic amines is 1. The van der Waals surface area contributed by atoms with Crippen LogP contribution in [0, 0.1) is 0 Å². The van der Waals surface area contributed by atoms with Crippen LogP contribution < -0.4 is 5.32 Å². The highest BCUT2D eigenvalue weighted by Crippen LogP contribution is 2.18. The fourth-order valence-corrected chi connectivity index (χ4v) is 4.64. The predicted molar refractivity (Wildman–Crippen MR) is 125 cm³/mol. The SMILES string of the molecule is CC(=O)c1ccc(S(=O)(=O)N(C)CCCC(=O)NC(Cc2ncc[nH]2)c2ccccc2)cc1. The number of ketones is 1. The lowest BCUT2D eigenvalue weighted by atomic mass is 10.0. The Morgan fingerprint density at radius 1 is 1.09 bits per heavy atom. The molecule has 1 aromatic heterocycles. The highest BCUT2D eigenvalue weighted by atomic mass is 32.2. The number of H-pyrrole nitrogens is 1. The summed E-state index contributed by atoms with van der Waals surface area (Å²) >= 11 is 0. The number of carbonyl (C=O) groups is 2. The molecular weight excluding hydrogens is 440 g/mol.